The highest BCUT2D eigenvalue weighted by atomic mass is 16.5. The van der Waals surface area contributed by atoms with Crippen molar-refractivity contribution in [2.75, 3.05) is 13.2 Å². The van der Waals surface area contributed by atoms with E-state index >= 15 is 0 Å². The first-order valence-electron chi connectivity index (χ1n) is 7.36. The number of hydrogen-bond acceptors (Lipinski definition) is 3. The minimum Gasteiger partial charge on any atom is -0.390 e. The van der Waals surface area contributed by atoms with Crippen molar-refractivity contribution in [3.63, 3.8) is 0 Å². The number of aliphatic hydroxyl groups is 1. The molecule has 0 bridgehead atoms. The van der Waals surface area contributed by atoms with Gasteiger partial charge in [-0.1, -0.05) is 20.8 Å². The van der Waals surface area contributed by atoms with E-state index in [-0.39, 0.29) is 17.6 Å². The minimum absolute atomic E-state index is 0.0146. The van der Waals surface area contributed by atoms with Crippen LogP contribution in [0.2, 0.25) is 0 Å². The van der Waals surface area contributed by atoms with Gasteiger partial charge in [-0.3, -0.25) is 0 Å². The van der Waals surface area contributed by atoms with Crippen LogP contribution in [0.25, 0.3) is 0 Å². The molecule has 3 atom stereocenters. The van der Waals surface area contributed by atoms with Gasteiger partial charge in [0.2, 0.25) is 0 Å². The van der Waals surface area contributed by atoms with Gasteiger partial charge in [0, 0.05) is 13.2 Å². The van der Waals surface area contributed by atoms with Crippen LogP contribution in [-0.2, 0) is 9.47 Å². The maximum atomic E-state index is 10.3. The molecule has 0 saturated carbocycles. The lowest BCUT2D eigenvalue weighted by molar-refractivity contribution is -0.0913. The molecule has 3 heteroatoms. The molecule has 0 aromatic heterocycles. The van der Waals surface area contributed by atoms with Gasteiger partial charge in [-0.05, 0) is 44.4 Å². The van der Waals surface area contributed by atoms with Gasteiger partial charge in [0.25, 0.3) is 0 Å². The van der Waals surface area contributed by atoms with Gasteiger partial charge in [-0.2, -0.15) is 0 Å². The molecule has 0 spiro atoms. The van der Waals surface area contributed by atoms with E-state index in [4.69, 9.17) is 9.47 Å². The third kappa shape index (κ3) is 5.25. The summed E-state index contributed by atoms with van der Waals surface area (Å²) in [6, 6.07) is 0. The minimum atomic E-state index is -0.369. The van der Waals surface area contributed by atoms with Crippen LogP contribution < -0.4 is 0 Å². The van der Waals surface area contributed by atoms with Crippen LogP contribution in [0.15, 0.2) is 0 Å². The predicted octanol–water partition coefficient (Wildman–Crippen LogP) is 3.15. The van der Waals surface area contributed by atoms with E-state index in [0.29, 0.717) is 12.7 Å². The topological polar surface area (TPSA) is 38.7 Å². The fourth-order valence-electron chi connectivity index (χ4n) is 2.70. The molecule has 1 heterocycles. The van der Waals surface area contributed by atoms with Gasteiger partial charge in [-0.15, -0.1) is 0 Å². The van der Waals surface area contributed by atoms with E-state index in [1.54, 1.807) is 0 Å². The van der Waals surface area contributed by atoms with Crippen LogP contribution in [0.5, 0.6) is 0 Å². The van der Waals surface area contributed by atoms with Crippen molar-refractivity contribution in [3.05, 3.63) is 0 Å². The Labute approximate surface area is 112 Å². The van der Waals surface area contributed by atoms with Crippen molar-refractivity contribution in [2.45, 2.75) is 78.1 Å². The summed E-state index contributed by atoms with van der Waals surface area (Å²) in [5, 5.41) is 10.3. The molecule has 1 N–H and O–H groups in total. The Morgan fingerprint density at radius 2 is 2.11 bits per heavy atom. The molecule has 108 valence electrons. The van der Waals surface area contributed by atoms with Crippen LogP contribution in [0.1, 0.15) is 59.8 Å². The average Bonchev–Trinajstić information content (AvgIpc) is 2.77. The van der Waals surface area contributed by atoms with Crippen LogP contribution in [0.4, 0.5) is 0 Å². The molecule has 1 saturated heterocycles. The Kier molecular flexibility index (Phi) is 6.61. The standard InChI is InChI=1S/C15H30O3/c1-5-17-14(15(2,3)4)13(16)10-6-8-12-9-7-11-18-12/h12-14,16H,5-11H2,1-4H3. The number of rotatable bonds is 7. The Morgan fingerprint density at radius 3 is 2.61 bits per heavy atom. The van der Waals surface area contributed by atoms with Gasteiger partial charge >= 0.3 is 0 Å². The van der Waals surface area contributed by atoms with Crippen molar-refractivity contribution in [1.82, 2.24) is 0 Å². The Bertz CT molecular complexity index is 216. The summed E-state index contributed by atoms with van der Waals surface area (Å²) in [7, 11) is 0. The first kappa shape index (κ1) is 15.9. The lowest BCUT2D eigenvalue weighted by Gasteiger charge is -2.34. The molecular formula is C15H30O3. The summed E-state index contributed by atoms with van der Waals surface area (Å²) >= 11 is 0. The lowest BCUT2D eigenvalue weighted by atomic mass is 9.84. The monoisotopic (exact) mass is 258 g/mol. The molecular weight excluding hydrogens is 228 g/mol. The van der Waals surface area contributed by atoms with E-state index < -0.39 is 0 Å². The van der Waals surface area contributed by atoms with E-state index in [1.807, 2.05) is 6.92 Å². The van der Waals surface area contributed by atoms with E-state index in [2.05, 4.69) is 20.8 Å². The Balaban J connectivity index is 2.29. The van der Waals surface area contributed by atoms with Gasteiger partial charge in [0.15, 0.2) is 0 Å². The van der Waals surface area contributed by atoms with Crippen molar-refractivity contribution in [1.29, 1.82) is 0 Å². The first-order chi connectivity index (χ1) is 8.45. The summed E-state index contributed by atoms with van der Waals surface area (Å²) in [6.07, 6.45) is 5.25. The molecule has 3 unspecified atom stereocenters. The van der Waals surface area contributed by atoms with Crippen molar-refractivity contribution >= 4 is 0 Å². The highest BCUT2D eigenvalue weighted by Crippen LogP contribution is 2.28. The van der Waals surface area contributed by atoms with Crippen LogP contribution >= 0.6 is 0 Å². The quantitative estimate of drug-likeness (QED) is 0.762. The van der Waals surface area contributed by atoms with E-state index in [1.165, 1.54) is 12.8 Å². The highest BCUT2D eigenvalue weighted by Gasteiger charge is 2.31. The second-order valence-corrected chi connectivity index (χ2v) is 6.38. The van der Waals surface area contributed by atoms with Crippen LogP contribution in [0, 0.1) is 5.41 Å². The highest BCUT2D eigenvalue weighted by molar-refractivity contribution is 4.81. The van der Waals surface area contributed by atoms with Gasteiger partial charge in [0.1, 0.15) is 0 Å². The Hall–Kier alpha value is -0.120. The Morgan fingerprint density at radius 1 is 1.39 bits per heavy atom. The van der Waals surface area contributed by atoms with Gasteiger partial charge in [-0.25, -0.2) is 0 Å². The molecule has 0 aromatic rings. The molecule has 0 radical (unpaired) electrons. The fourth-order valence-corrected chi connectivity index (χ4v) is 2.70. The number of ether oxygens (including phenoxy) is 2. The SMILES string of the molecule is CCOC(C(O)CCCC1CCCO1)C(C)(C)C. The van der Waals surface area contributed by atoms with E-state index in [0.717, 1.165) is 25.9 Å². The van der Waals surface area contributed by atoms with Crippen LogP contribution in [-0.4, -0.2) is 36.6 Å². The first-order valence-corrected chi connectivity index (χ1v) is 7.36. The van der Waals surface area contributed by atoms with Crippen LogP contribution in [0.3, 0.4) is 0 Å². The van der Waals surface area contributed by atoms with Crippen molar-refractivity contribution in [2.24, 2.45) is 5.41 Å². The maximum absolute atomic E-state index is 10.3. The lowest BCUT2D eigenvalue weighted by Crippen LogP contribution is -2.40. The summed E-state index contributed by atoms with van der Waals surface area (Å²) in [5.74, 6) is 0. The smallest absolute Gasteiger partial charge is 0.0881 e. The average molecular weight is 258 g/mol. The second kappa shape index (κ2) is 7.46. The summed E-state index contributed by atoms with van der Waals surface area (Å²) < 4.78 is 11.3. The molecule has 0 aliphatic carbocycles. The third-order valence-corrected chi connectivity index (χ3v) is 3.60. The molecule has 0 amide bonds. The zero-order valence-electron chi connectivity index (χ0n) is 12.4. The largest absolute Gasteiger partial charge is 0.390 e. The number of aliphatic hydroxyl groups excluding tert-OH is 1. The van der Waals surface area contributed by atoms with Crippen molar-refractivity contribution < 1.29 is 14.6 Å². The van der Waals surface area contributed by atoms with Gasteiger partial charge in [0.05, 0.1) is 18.3 Å². The number of hydrogen-bond donors (Lipinski definition) is 1. The molecule has 18 heavy (non-hydrogen) atoms. The molecule has 1 rings (SSSR count). The van der Waals surface area contributed by atoms with Crippen molar-refractivity contribution in [3.8, 4) is 0 Å². The second-order valence-electron chi connectivity index (χ2n) is 6.38. The molecule has 0 aromatic carbocycles. The zero-order valence-corrected chi connectivity index (χ0v) is 12.4. The summed E-state index contributed by atoms with van der Waals surface area (Å²) in [6.45, 7) is 9.92. The molecule has 1 aliphatic heterocycles. The summed E-state index contributed by atoms with van der Waals surface area (Å²) in [4.78, 5) is 0. The molecule has 1 aliphatic rings. The molecule has 3 nitrogen and oxygen atoms in total. The van der Waals surface area contributed by atoms with E-state index in [9.17, 15) is 5.11 Å². The van der Waals surface area contributed by atoms with Gasteiger partial charge < -0.3 is 14.6 Å². The fraction of sp³-hybridized carbons (Fsp3) is 1.00. The third-order valence-electron chi connectivity index (χ3n) is 3.60. The summed E-state index contributed by atoms with van der Waals surface area (Å²) in [5.41, 5.74) is -0.0146. The predicted molar refractivity (Wildman–Crippen MR) is 73.7 cm³/mol. The zero-order chi connectivity index (χ0) is 13.6. The maximum Gasteiger partial charge on any atom is 0.0881 e. The normalized spacial score (nSPS) is 24.2. The molecule has 1 fully saturated rings.